The van der Waals surface area contributed by atoms with E-state index in [0.29, 0.717) is 12.0 Å². The molecule has 0 aromatic heterocycles. The molecule has 1 N–H and O–H groups in total. The van der Waals surface area contributed by atoms with Crippen molar-refractivity contribution in [3.8, 4) is 0 Å². The number of nitrogens with zero attached hydrogens (tertiary/aromatic N) is 2. The predicted octanol–water partition coefficient (Wildman–Crippen LogP) is 1.68. The molecule has 4 fully saturated rings. The van der Waals surface area contributed by atoms with E-state index in [1.54, 1.807) is 0 Å². The number of fused-ring (bicyclic) bond motifs is 3. The second-order valence-corrected chi connectivity index (χ2v) is 7.54. The maximum absolute atomic E-state index is 12.4. The molecule has 0 spiro atoms. The molecule has 0 unspecified atom stereocenters. The molecule has 0 aromatic rings. The maximum Gasteiger partial charge on any atom is 0.317 e. The second-order valence-electron chi connectivity index (χ2n) is 7.54. The lowest BCUT2D eigenvalue weighted by molar-refractivity contribution is 0.104. The molecule has 0 aliphatic carbocycles. The van der Waals surface area contributed by atoms with Crippen LogP contribution < -0.4 is 5.32 Å². The Balaban J connectivity index is 1.23. The van der Waals surface area contributed by atoms with Crippen molar-refractivity contribution in [2.45, 2.75) is 50.7 Å². The van der Waals surface area contributed by atoms with E-state index < -0.39 is 0 Å². The molecule has 2 amide bonds. The quantitative estimate of drug-likeness (QED) is 0.863. The largest absolute Gasteiger partial charge is 0.378 e. The zero-order valence-electron chi connectivity index (χ0n) is 13.5. The Morgan fingerprint density at radius 3 is 2.95 bits per heavy atom. The molecule has 4 aliphatic rings. The molecule has 22 heavy (non-hydrogen) atoms. The highest BCUT2D eigenvalue weighted by atomic mass is 16.5. The number of hydrogen-bond donors (Lipinski definition) is 1. The average molecular weight is 307 g/mol. The van der Waals surface area contributed by atoms with Gasteiger partial charge in [-0.1, -0.05) is 6.42 Å². The molecule has 4 heterocycles. The number of carbonyl (C=O) groups is 1. The predicted molar refractivity (Wildman–Crippen MR) is 84.8 cm³/mol. The highest BCUT2D eigenvalue weighted by Crippen LogP contribution is 2.40. The van der Waals surface area contributed by atoms with E-state index in [1.165, 1.54) is 38.8 Å². The Morgan fingerprint density at radius 1 is 1.14 bits per heavy atom. The molecular formula is C17H29N3O2. The van der Waals surface area contributed by atoms with Crippen molar-refractivity contribution < 1.29 is 9.53 Å². The molecule has 0 aromatic carbocycles. The molecule has 5 nitrogen and oxygen atoms in total. The van der Waals surface area contributed by atoms with Crippen molar-refractivity contribution in [1.82, 2.24) is 15.1 Å². The summed E-state index contributed by atoms with van der Waals surface area (Å²) in [6.07, 6.45) is 7.74. The molecule has 0 bridgehead atoms. The normalized spacial score (nSPS) is 38.1. The summed E-state index contributed by atoms with van der Waals surface area (Å²) in [6.45, 7) is 6.08. The maximum atomic E-state index is 12.4. The molecule has 0 saturated carbocycles. The topological polar surface area (TPSA) is 44.8 Å². The van der Waals surface area contributed by atoms with Gasteiger partial charge in [-0.05, 0) is 50.5 Å². The molecule has 0 radical (unpaired) electrons. The number of amides is 2. The fourth-order valence-electron chi connectivity index (χ4n) is 5.04. The van der Waals surface area contributed by atoms with Crippen molar-refractivity contribution in [2.24, 2.45) is 11.8 Å². The number of nitrogens with one attached hydrogen (secondary N) is 1. The van der Waals surface area contributed by atoms with Crippen LogP contribution in [0.1, 0.15) is 38.5 Å². The van der Waals surface area contributed by atoms with Gasteiger partial charge in [-0.2, -0.15) is 0 Å². The van der Waals surface area contributed by atoms with Crippen LogP contribution in [0.2, 0.25) is 0 Å². The standard InChI is InChI=1S/C17H29N3O2/c21-17(18-7-6-14-4-3-9-22-14)20-11-13-10-19-8-2-1-5-16(19)15(13)12-20/h13-16H,1-12H2,(H,18,21)/t13-,14-,15-,16+/m0/s1. The first kappa shape index (κ1) is 14.8. The van der Waals surface area contributed by atoms with E-state index in [0.717, 1.165) is 51.0 Å². The summed E-state index contributed by atoms with van der Waals surface area (Å²) in [6, 6.07) is 0.901. The number of hydrogen-bond acceptors (Lipinski definition) is 3. The van der Waals surface area contributed by atoms with Gasteiger partial charge < -0.3 is 15.0 Å². The van der Waals surface area contributed by atoms with Gasteiger partial charge in [0.25, 0.3) is 0 Å². The summed E-state index contributed by atoms with van der Waals surface area (Å²) in [5.74, 6) is 1.44. The first-order chi connectivity index (χ1) is 10.8. The van der Waals surface area contributed by atoms with Gasteiger partial charge in [0.05, 0.1) is 6.10 Å². The first-order valence-corrected chi connectivity index (χ1v) is 9.19. The molecule has 4 saturated heterocycles. The summed E-state index contributed by atoms with van der Waals surface area (Å²) in [5.41, 5.74) is 0. The number of carbonyl (C=O) groups excluding carboxylic acids is 1. The Morgan fingerprint density at radius 2 is 2.09 bits per heavy atom. The zero-order valence-corrected chi connectivity index (χ0v) is 13.5. The van der Waals surface area contributed by atoms with Crippen LogP contribution in [0.15, 0.2) is 0 Å². The lowest BCUT2D eigenvalue weighted by Gasteiger charge is -2.33. The minimum atomic E-state index is 0.148. The molecule has 124 valence electrons. The van der Waals surface area contributed by atoms with E-state index in [2.05, 4.69) is 15.1 Å². The third kappa shape index (κ3) is 2.85. The lowest BCUT2D eigenvalue weighted by Crippen LogP contribution is -2.44. The van der Waals surface area contributed by atoms with Gasteiger partial charge in [0.1, 0.15) is 0 Å². The van der Waals surface area contributed by atoms with E-state index in [1.807, 2.05) is 0 Å². The third-order valence-electron chi connectivity index (χ3n) is 6.17. The number of piperidine rings is 1. The summed E-state index contributed by atoms with van der Waals surface area (Å²) in [7, 11) is 0. The van der Waals surface area contributed by atoms with Crippen molar-refractivity contribution in [1.29, 1.82) is 0 Å². The molecule has 4 rings (SSSR count). The SMILES string of the molecule is O=C(NCC[C@@H]1CCCO1)N1C[C@@H]2CN3CCCC[C@@H]3[C@H]2C1. The first-order valence-electron chi connectivity index (χ1n) is 9.19. The molecule has 4 atom stereocenters. The van der Waals surface area contributed by atoms with Crippen molar-refractivity contribution in [3.05, 3.63) is 0 Å². The van der Waals surface area contributed by atoms with Crippen LogP contribution in [0.3, 0.4) is 0 Å². The number of likely N-dealkylation sites (tertiary alicyclic amines) is 1. The van der Waals surface area contributed by atoms with E-state index in [4.69, 9.17) is 4.74 Å². The zero-order chi connectivity index (χ0) is 14.9. The van der Waals surface area contributed by atoms with Gasteiger partial charge in [-0.3, -0.25) is 4.90 Å². The highest BCUT2D eigenvalue weighted by Gasteiger charge is 2.48. The van der Waals surface area contributed by atoms with Crippen LogP contribution in [-0.4, -0.2) is 67.3 Å². The number of urea groups is 1. The van der Waals surface area contributed by atoms with E-state index in [-0.39, 0.29) is 6.03 Å². The Hall–Kier alpha value is -0.810. The van der Waals surface area contributed by atoms with Gasteiger partial charge in [0.15, 0.2) is 0 Å². The lowest BCUT2D eigenvalue weighted by atomic mass is 9.90. The Kier molecular flexibility index (Phi) is 4.27. The Labute approximate surface area is 133 Å². The fraction of sp³-hybridized carbons (Fsp3) is 0.941. The molecule has 5 heteroatoms. The van der Waals surface area contributed by atoms with Crippen molar-refractivity contribution >= 4 is 6.03 Å². The minimum Gasteiger partial charge on any atom is -0.378 e. The van der Waals surface area contributed by atoms with Crippen molar-refractivity contribution in [3.63, 3.8) is 0 Å². The second kappa shape index (κ2) is 6.36. The van der Waals surface area contributed by atoms with Gasteiger partial charge in [0.2, 0.25) is 0 Å². The summed E-state index contributed by atoms with van der Waals surface area (Å²) < 4.78 is 5.61. The summed E-state index contributed by atoms with van der Waals surface area (Å²) >= 11 is 0. The van der Waals surface area contributed by atoms with Crippen LogP contribution >= 0.6 is 0 Å². The van der Waals surface area contributed by atoms with Gasteiger partial charge in [0, 0.05) is 38.8 Å². The summed E-state index contributed by atoms with van der Waals surface area (Å²) in [5, 5.41) is 3.11. The minimum absolute atomic E-state index is 0.148. The van der Waals surface area contributed by atoms with Crippen LogP contribution in [0.5, 0.6) is 0 Å². The van der Waals surface area contributed by atoms with E-state index >= 15 is 0 Å². The Bertz CT molecular complexity index is 411. The number of ether oxygens (including phenoxy) is 1. The monoisotopic (exact) mass is 307 g/mol. The third-order valence-corrected chi connectivity index (χ3v) is 6.17. The van der Waals surface area contributed by atoms with Crippen molar-refractivity contribution in [2.75, 3.05) is 39.3 Å². The van der Waals surface area contributed by atoms with Crippen LogP contribution in [0.25, 0.3) is 0 Å². The van der Waals surface area contributed by atoms with Crippen LogP contribution in [0, 0.1) is 11.8 Å². The van der Waals surface area contributed by atoms with Crippen LogP contribution in [0.4, 0.5) is 4.79 Å². The fourth-order valence-corrected chi connectivity index (χ4v) is 5.04. The van der Waals surface area contributed by atoms with Gasteiger partial charge in [-0.15, -0.1) is 0 Å². The van der Waals surface area contributed by atoms with Gasteiger partial charge >= 0.3 is 6.03 Å². The molecular weight excluding hydrogens is 278 g/mol. The summed E-state index contributed by atoms with van der Waals surface area (Å²) in [4.78, 5) is 17.1. The number of rotatable bonds is 3. The highest BCUT2D eigenvalue weighted by molar-refractivity contribution is 5.74. The van der Waals surface area contributed by atoms with Gasteiger partial charge in [-0.25, -0.2) is 4.79 Å². The average Bonchev–Trinajstić information content (AvgIpc) is 3.22. The van der Waals surface area contributed by atoms with Crippen LogP contribution in [-0.2, 0) is 4.74 Å². The smallest absolute Gasteiger partial charge is 0.317 e. The molecule has 4 aliphatic heterocycles. The van der Waals surface area contributed by atoms with E-state index in [9.17, 15) is 4.79 Å².